The highest BCUT2D eigenvalue weighted by Crippen LogP contribution is 2.44. The van der Waals surface area contributed by atoms with Crippen LogP contribution < -0.4 is 10.2 Å². The summed E-state index contributed by atoms with van der Waals surface area (Å²) in [5.74, 6) is -0.616. The van der Waals surface area contributed by atoms with Gasteiger partial charge < -0.3 is 20.1 Å². The number of benzene rings is 2. The van der Waals surface area contributed by atoms with Gasteiger partial charge in [-0.25, -0.2) is 23.0 Å². The lowest BCUT2D eigenvalue weighted by Crippen LogP contribution is -2.48. The molecule has 0 saturated carbocycles. The van der Waals surface area contributed by atoms with Gasteiger partial charge in [0.15, 0.2) is 0 Å². The van der Waals surface area contributed by atoms with Crippen molar-refractivity contribution in [2.45, 2.75) is 18.4 Å². The van der Waals surface area contributed by atoms with Crippen LogP contribution in [0.1, 0.15) is 22.6 Å². The van der Waals surface area contributed by atoms with Crippen LogP contribution in [0.3, 0.4) is 0 Å². The quantitative estimate of drug-likeness (QED) is 0.438. The third kappa shape index (κ3) is 5.89. The molecular weight excluding hydrogens is 520 g/mol. The maximum atomic E-state index is 12.6. The van der Waals surface area contributed by atoms with Crippen molar-refractivity contribution in [3.05, 3.63) is 83.6 Å². The zero-order valence-electron chi connectivity index (χ0n) is 21.5. The summed E-state index contributed by atoms with van der Waals surface area (Å²) < 4.78 is 30.4. The average molecular weight is 551 g/mol. The summed E-state index contributed by atoms with van der Waals surface area (Å²) in [4.78, 5) is 30.9. The van der Waals surface area contributed by atoms with Crippen molar-refractivity contribution >= 4 is 27.9 Å². The Balaban J connectivity index is 1.17. The number of alkyl carbamates (subject to hydrolysis) is 1. The Kier molecular flexibility index (Phi) is 7.53. The molecule has 5 rings (SSSR count). The molecule has 0 spiro atoms. The maximum absolute atomic E-state index is 12.6. The molecule has 1 aromatic heterocycles. The molecule has 1 amide bonds. The van der Waals surface area contributed by atoms with E-state index in [1.165, 1.54) is 10.6 Å². The van der Waals surface area contributed by atoms with E-state index in [9.17, 15) is 23.1 Å². The number of carbonyl (C=O) groups is 2. The molecule has 1 aliphatic carbocycles. The number of nitrogens with zero attached hydrogens (tertiary/aromatic N) is 3. The van der Waals surface area contributed by atoms with Crippen molar-refractivity contribution in [3.8, 4) is 11.1 Å². The molecule has 11 heteroatoms. The first-order valence-corrected chi connectivity index (χ1v) is 14.5. The number of carboxylic acid groups (broad SMARTS) is 1. The van der Waals surface area contributed by atoms with E-state index in [2.05, 4.69) is 10.3 Å². The highest BCUT2D eigenvalue weighted by Gasteiger charge is 2.30. The van der Waals surface area contributed by atoms with Gasteiger partial charge in [0, 0.05) is 44.7 Å². The summed E-state index contributed by atoms with van der Waals surface area (Å²) in [5, 5.41) is 12.2. The Bertz CT molecular complexity index is 1420. The SMILES string of the molecule is CS(=O)(=O)N1CCN(c2ccc(C[C@H](NC(=O)OCC3c4ccccc4-c4ccccc43)C(=O)O)cn2)CC1. The number of carbonyl (C=O) groups excluding carboxylic acids is 1. The molecule has 0 unspecified atom stereocenters. The molecule has 1 fully saturated rings. The molecule has 1 aliphatic heterocycles. The third-order valence-corrected chi connectivity index (χ3v) is 8.52. The van der Waals surface area contributed by atoms with E-state index < -0.39 is 28.1 Å². The molecular formula is C28H30N4O6S. The number of hydrogen-bond acceptors (Lipinski definition) is 7. The van der Waals surface area contributed by atoms with Crippen LogP contribution >= 0.6 is 0 Å². The smallest absolute Gasteiger partial charge is 0.407 e. The van der Waals surface area contributed by atoms with E-state index in [0.29, 0.717) is 37.6 Å². The lowest BCUT2D eigenvalue weighted by atomic mass is 9.98. The summed E-state index contributed by atoms with van der Waals surface area (Å²) in [5.41, 5.74) is 5.01. The second-order valence-corrected chi connectivity index (χ2v) is 11.7. The van der Waals surface area contributed by atoms with E-state index in [4.69, 9.17) is 4.74 Å². The number of sulfonamides is 1. The topological polar surface area (TPSA) is 129 Å². The van der Waals surface area contributed by atoms with E-state index >= 15 is 0 Å². The molecule has 2 N–H and O–H groups in total. The number of fused-ring (bicyclic) bond motifs is 3. The van der Waals surface area contributed by atoms with Gasteiger partial charge in [-0.1, -0.05) is 54.6 Å². The molecule has 1 saturated heterocycles. The van der Waals surface area contributed by atoms with Gasteiger partial charge in [0.2, 0.25) is 10.0 Å². The molecule has 204 valence electrons. The average Bonchev–Trinajstić information content (AvgIpc) is 3.25. The number of ether oxygens (including phenoxy) is 1. The molecule has 2 aliphatic rings. The monoisotopic (exact) mass is 550 g/mol. The molecule has 39 heavy (non-hydrogen) atoms. The van der Waals surface area contributed by atoms with Gasteiger partial charge in [0.05, 0.1) is 6.26 Å². The van der Waals surface area contributed by atoms with Gasteiger partial charge >= 0.3 is 12.1 Å². The van der Waals surface area contributed by atoms with E-state index in [-0.39, 0.29) is 18.9 Å². The normalized spacial score (nSPS) is 16.3. The van der Waals surface area contributed by atoms with Gasteiger partial charge in [-0.2, -0.15) is 4.31 Å². The molecule has 10 nitrogen and oxygen atoms in total. The standard InChI is InChI=1S/C28H30N4O6S/c1-39(36,37)32-14-12-31(13-15-32)26-11-10-19(17-29-26)16-25(27(33)34)30-28(35)38-18-24-22-8-4-2-6-20(22)21-7-3-5-9-23(21)24/h2-11,17,24-25H,12-16,18H2,1H3,(H,30,35)(H,33,34)/t25-/m0/s1. The Labute approximate surface area is 227 Å². The van der Waals surface area contributed by atoms with Gasteiger partial charge in [-0.15, -0.1) is 0 Å². The predicted octanol–water partition coefficient (Wildman–Crippen LogP) is 2.70. The van der Waals surface area contributed by atoms with Crippen LogP contribution in [0.25, 0.3) is 11.1 Å². The fourth-order valence-electron chi connectivity index (χ4n) is 5.19. The summed E-state index contributed by atoms with van der Waals surface area (Å²) in [6.07, 6.45) is 2.02. The summed E-state index contributed by atoms with van der Waals surface area (Å²) >= 11 is 0. The highest BCUT2D eigenvalue weighted by molar-refractivity contribution is 7.88. The number of aromatic nitrogens is 1. The molecule has 0 bridgehead atoms. The molecule has 1 atom stereocenters. The van der Waals surface area contributed by atoms with Crippen molar-refractivity contribution in [2.75, 3.05) is 43.9 Å². The maximum Gasteiger partial charge on any atom is 0.407 e. The number of pyridine rings is 1. The van der Waals surface area contributed by atoms with Crippen LogP contribution in [-0.2, 0) is 26.0 Å². The zero-order valence-corrected chi connectivity index (χ0v) is 22.3. The highest BCUT2D eigenvalue weighted by atomic mass is 32.2. The van der Waals surface area contributed by atoms with Crippen molar-refractivity contribution in [1.82, 2.24) is 14.6 Å². The lowest BCUT2D eigenvalue weighted by molar-refractivity contribution is -0.139. The van der Waals surface area contributed by atoms with Crippen LogP contribution in [0.4, 0.5) is 10.6 Å². The first-order valence-electron chi connectivity index (χ1n) is 12.7. The number of carboxylic acids is 1. The van der Waals surface area contributed by atoms with Crippen LogP contribution in [0.5, 0.6) is 0 Å². The van der Waals surface area contributed by atoms with Gasteiger partial charge in [-0.05, 0) is 33.9 Å². The molecule has 3 aromatic rings. The van der Waals surface area contributed by atoms with Crippen molar-refractivity contribution in [1.29, 1.82) is 0 Å². The van der Waals surface area contributed by atoms with Crippen LogP contribution in [0.2, 0.25) is 0 Å². The summed E-state index contributed by atoms with van der Waals surface area (Å²) in [6.45, 7) is 1.89. The summed E-state index contributed by atoms with van der Waals surface area (Å²) in [6, 6.07) is 18.3. The van der Waals surface area contributed by atoms with Crippen molar-refractivity contribution in [2.24, 2.45) is 0 Å². The second kappa shape index (κ2) is 11.0. The lowest BCUT2D eigenvalue weighted by Gasteiger charge is -2.34. The third-order valence-electron chi connectivity index (χ3n) is 7.21. The first-order chi connectivity index (χ1) is 18.7. The van der Waals surface area contributed by atoms with Crippen LogP contribution in [0, 0.1) is 0 Å². The zero-order chi connectivity index (χ0) is 27.6. The molecule has 2 heterocycles. The Morgan fingerprint density at radius 3 is 2.15 bits per heavy atom. The van der Waals surface area contributed by atoms with Crippen LogP contribution in [0.15, 0.2) is 66.9 Å². The van der Waals surface area contributed by atoms with Gasteiger partial charge in [0.1, 0.15) is 18.5 Å². The van der Waals surface area contributed by atoms with Crippen molar-refractivity contribution < 1.29 is 27.9 Å². The largest absolute Gasteiger partial charge is 0.480 e. The number of rotatable bonds is 8. The minimum absolute atomic E-state index is 0.0364. The van der Waals surface area contributed by atoms with Gasteiger partial charge in [0.25, 0.3) is 0 Å². The second-order valence-electron chi connectivity index (χ2n) is 9.74. The number of hydrogen-bond donors (Lipinski definition) is 2. The minimum atomic E-state index is -3.22. The number of piperazine rings is 1. The fraction of sp³-hybridized carbons (Fsp3) is 0.321. The fourth-order valence-corrected chi connectivity index (χ4v) is 6.02. The number of amides is 1. The minimum Gasteiger partial charge on any atom is -0.480 e. The molecule has 2 aromatic carbocycles. The Morgan fingerprint density at radius 2 is 1.62 bits per heavy atom. The van der Waals surface area contributed by atoms with E-state index in [1.807, 2.05) is 53.4 Å². The Hall–Kier alpha value is -3.96. The van der Waals surface area contributed by atoms with E-state index in [0.717, 1.165) is 22.3 Å². The number of anilines is 1. The van der Waals surface area contributed by atoms with Crippen LogP contribution in [-0.4, -0.2) is 80.0 Å². The van der Waals surface area contributed by atoms with Crippen molar-refractivity contribution in [3.63, 3.8) is 0 Å². The number of nitrogens with one attached hydrogen (secondary N) is 1. The first kappa shape index (κ1) is 26.6. The predicted molar refractivity (Wildman–Crippen MR) is 146 cm³/mol. The van der Waals surface area contributed by atoms with E-state index in [1.54, 1.807) is 18.3 Å². The Morgan fingerprint density at radius 1 is 1.00 bits per heavy atom. The van der Waals surface area contributed by atoms with Gasteiger partial charge in [-0.3, -0.25) is 0 Å². The molecule has 0 radical (unpaired) electrons. The summed E-state index contributed by atoms with van der Waals surface area (Å²) in [7, 11) is -3.22. The number of aliphatic carboxylic acids is 1.